The van der Waals surface area contributed by atoms with Crippen LogP contribution in [-0.2, 0) is 6.42 Å². The minimum absolute atomic E-state index is 0.227. The molecule has 2 rings (SSSR count). The lowest BCUT2D eigenvalue weighted by Gasteiger charge is -2.24. The Balaban J connectivity index is 2.13. The first-order valence-corrected chi connectivity index (χ1v) is 6.30. The fraction of sp³-hybridized carbons (Fsp3) is 0.571. The first-order valence-electron chi connectivity index (χ1n) is 6.30. The molecule has 2 N–H and O–H groups in total. The summed E-state index contributed by atoms with van der Waals surface area (Å²) in [5.74, 6) is 0.798. The molecular weight excluding hydrogens is 214 g/mol. The van der Waals surface area contributed by atoms with Gasteiger partial charge >= 0.3 is 0 Å². The van der Waals surface area contributed by atoms with E-state index in [1.807, 2.05) is 13.0 Å². The highest BCUT2D eigenvalue weighted by molar-refractivity contribution is 5.46. The second-order valence-electron chi connectivity index (χ2n) is 4.80. The van der Waals surface area contributed by atoms with Gasteiger partial charge in [-0.15, -0.1) is 0 Å². The van der Waals surface area contributed by atoms with E-state index in [0.717, 1.165) is 18.5 Å². The zero-order valence-corrected chi connectivity index (χ0v) is 10.6. The van der Waals surface area contributed by atoms with Crippen molar-refractivity contribution in [1.82, 2.24) is 5.32 Å². The maximum Gasteiger partial charge on any atom is 0.160 e. The fourth-order valence-electron chi connectivity index (χ4n) is 2.46. The van der Waals surface area contributed by atoms with Crippen molar-refractivity contribution in [1.29, 1.82) is 0 Å². The zero-order valence-electron chi connectivity index (χ0n) is 10.6. The van der Waals surface area contributed by atoms with E-state index in [4.69, 9.17) is 4.74 Å². The molecule has 1 aromatic carbocycles. The fourth-order valence-corrected chi connectivity index (χ4v) is 2.46. The maximum atomic E-state index is 9.68. The molecule has 3 heteroatoms. The highest BCUT2D eigenvalue weighted by atomic mass is 16.5. The van der Waals surface area contributed by atoms with Gasteiger partial charge in [-0.2, -0.15) is 0 Å². The molecule has 0 bridgehead atoms. The number of aryl methyl sites for hydroxylation is 1. The van der Waals surface area contributed by atoms with Crippen molar-refractivity contribution in [2.75, 3.05) is 13.7 Å². The van der Waals surface area contributed by atoms with Crippen molar-refractivity contribution in [3.05, 3.63) is 23.3 Å². The van der Waals surface area contributed by atoms with Crippen LogP contribution < -0.4 is 10.1 Å². The summed E-state index contributed by atoms with van der Waals surface area (Å²) in [6.45, 7) is 3.16. The third-order valence-electron chi connectivity index (χ3n) is 3.52. The number of methoxy groups -OCH3 is 1. The predicted molar refractivity (Wildman–Crippen MR) is 68.7 cm³/mol. The number of hydrogen-bond donors (Lipinski definition) is 2. The Labute approximate surface area is 103 Å². The molecule has 1 aromatic rings. The Morgan fingerprint density at radius 3 is 2.88 bits per heavy atom. The van der Waals surface area contributed by atoms with E-state index < -0.39 is 0 Å². The van der Waals surface area contributed by atoms with Crippen LogP contribution >= 0.6 is 0 Å². The lowest BCUT2D eigenvalue weighted by Crippen LogP contribution is -2.35. The second kappa shape index (κ2) is 5.41. The SMILES string of the molecule is COc1cc(CC2CCCCN2)c(C)cc1O. The minimum Gasteiger partial charge on any atom is -0.504 e. The average Bonchev–Trinajstić information content (AvgIpc) is 2.34. The van der Waals surface area contributed by atoms with E-state index in [-0.39, 0.29) is 5.75 Å². The topological polar surface area (TPSA) is 41.5 Å². The third-order valence-corrected chi connectivity index (χ3v) is 3.52. The number of rotatable bonds is 3. The van der Waals surface area contributed by atoms with Crippen molar-refractivity contribution in [2.45, 2.75) is 38.6 Å². The van der Waals surface area contributed by atoms with E-state index in [9.17, 15) is 5.11 Å². The van der Waals surface area contributed by atoms with Crippen LogP contribution in [0.1, 0.15) is 30.4 Å². The maximum absolute atomic E-state index is 9.68. The number of ether oxygens (including phenoxy) is 1. The Kier molecular flexibility index (Phi) is 3.89. The van der Waals surface area contributed by atoms with Crippen molar-refractivity contribution in [2.24, 2.45) is 0 Å². The van der Waals surface area contributed by atoms with Gasteiger partial charge in [-0.1, -0.05) is 6.42 Å². The van der Waals surface area contributed by atoms with Crippen LogP contribution in [0, 0.1) is 6.92 Å². The summed E-state index contributed by atoms with van der Waals surface area (Å²) in [7, 11) is 1.59. The highest BCUT2D eigenvalue weighted by Gasteiger charge is 2.15. The van der Waals surface area contributed by atoms with Crippen molar-refractivity contribution >= 4 is 0 Å². The molecule has 0 amide bonds. The third kappa shape index (κ3) is 2.91. The quantitative estimate of drug-likeness (QED) is 0.845. The predicted octanol–water partition coefficient (Wildman–Crippen LogP) is 2.39. The summed E-state index contributed by atoms with van der Waals surface area (Å²) in [5, 5.41) is 13.2. The van der Waals surface area contributed by atoms with E-state index in [1.165, 1.54) is 24.8 Å². The van der Waals surface area contributed by atoms with E-state index in [1.54, 1.807) is 13.2 Å². The van der Waals surface area contributed by atoms with Gasteiger partial charge in [0.25, 0.3) is 0 Å². The molecule has 1 atom stereocenters. The van der Waals surface area contributed by atoms with Gasteiger partial charge in [-0.25, -0.2) is 0 Å². The van der Waals surface area contributed by atoms with Gasteiger partial charge in [0.2, 0.25) is 0 Å². The standard InChI is InChI=1S/C14H21NO2/c1-10-7-13(16)14(17-2)9-11(10)8-12-5-3-4-6-15-12/h7,9,12,15-16H,3-6,8H2,1-2H3. The number of piperidine rings is 1. The Morgan fingerprint density at radius 2 is 2.24 bits per heavy atom. The van der Waals surface area contributed by atoms with Crippen LogP contribution in [0.3, 0.4) is 0 Å². The van der Waals surface area contributed by atoms with Crippen molar-refractivity contribution in [3.63, 3.8) is 0 Å². The van der Waals surface area contributed by atoms with E-state index in [2.05, 4.69) is 5.32 Å². The average molecular weight is 235 g/mol. The second-order valence-corrected chi connectivity index (χ2v) is 4.80. The van der Waals surface area contributed by atoms with E-state index >= 15 is 0 Å². The lowest BCUT2D eigenvalue weighted by atomic mass is 9.95. The molecule has 17 heavy (non-hydrogen) atoms. The Hall–Kier alpha value is -1.22. The van der Waals surface area contributed by atoms with E-state index in [0.29, 0.717) is 11.8 Å². The van der Waals surface area contributed by atoms with Crippen LogP contribution in [0.5, 0.6) is 11.5 Å². The molecule has 1 saturated heterocycles. The normalized spacial score (nSPS) is 20.2. The van der Waals surface area contributed by atoms with Crippen molar-refractivity contribution < 1.29 is 9.84 Å². The smallest absolute Gasteiger partial charge is 0.160 e. The summed E-state index contributed by atoms with van der Waals surface area (Å²) in [6, 6.07) is 4.31. The molecule has 1 aliphatic rings. The number of phenolic OH excluding ortho intramolecular Hbond substituents is 1. The molecule has 0 spiro atoms. The summed E-state index contributed by atoms with van der Waals surface area (Å²) in [4.78, 5) is 0. The van der Waals surface area contributed by atoms with Crippen molar-refractivity contribution in [3.8, 4) is 11.5 Å². The largest absolute Gasteiger partial charge is 0.504 e. The first-order chi connectivity index (χ1) is 8.20. The summed E-state index contributed by atoms with van der Waals surface area (Å²) in [5.41, 5.74) is 2.40. The summed E-state index contributed by atoms with van der Waals surface area (Å²) >= 11 is 0. The Morgan fingerprint density at radius 1 is 1.41 bits per heavy atom. The first kappa shape index (κ1) is 12.2. The van der Waals surface area contributed by atoms with Gasteiger partial charge in [-0.05, 0) is 56.0 Å². The number of hydrogen-bond acceptors (Lipinski definition) is 3. The molecular formula is C14H21NO2. The molecule has 1 heterocycles. The molecule has 1 unspecified atom stereocenters. The molecule has 1 aliphatic heterocycles. The van der Waals surface area contributed by atoms with Gasteiger partial charge < -0.3 is 15.2 Å². The molecule has 94 valence electrons. The van der Waals surface area contributed by atoms with Gasteiger partial charge in [0.05, 0.1) is 7.11 Å². The van der Waals surface area contributed by atoms with Crippen LogP contribution in [0.15, 0.2) is 12.1 Å². The molecule has 0 aromatic heterocycles. The van der Waals surface area contributed by atoms with Crippen LogP contribution in [-0.4, -0.2) is 24.8 Å². The van der Waals surface area contributed by atoms with Crippen LogP contribution in [0.4, 0.5) is 0 Å². The number of benzene rings is 1. The number of nitrogens with one attached hydrogen (secondary N) is 1. The molecule has 0 radical (unpaired) electrons. The highest BCUT2D eigenvalue weighted by Crippen LogP contribution is 2.30. The van der Waals surface area contributed by atoms with Gasteiger partial charge in [-0.3, -0.25) is 0 Å². The number of phenols is 1. The molecule has 0 saturated carbocycles. The van der Waals surface area contributed by atoms with Gasteiger partial charge in [0.1, 0.15) is 0 Å². The lowest BCUT2D eigenvalue weighted by molar-refractivity contribution is 0.370. The Bertz CT molecular complexity index is 384. The number of aromatic hydroxyl groups is 1. The van der Waals surface area contributed by atoms with Crippen LogP contribution in [0.2, 0.25) is 0 Å². The monoisotopic (exact) mass is 235 g/mol. The molecule has 3 nitrogen and oxygen atoms in total. The van der Waals surface area contributed by atoms with Gasteiger partial charge in [0.15, 0.2) is 11.5 Å². The molecule has 0 aliphatic carbocycles. The minimum atomic E-state index is 0.227. The summed E-state index contributed by atoms with van der Waals surface area (Å²) < 4.78 is 5.16. The summed E-state index contributed by atoms with van der Waals surface area (Å²) in [6.07, 6.45) is 4.85. The van der Waals surface area contributed by atoms with Crippen LogP contribution in [0.25, 0.3) is 0 Å². The zero-order chi connectivity index (χ0) is 12.3. The van der Waals surface area contributed by atoms with Gasteiger partial charge in [0, 0.05) is 6.04 Å². The molecule has 1 fully saturated rings.